The van der Waals surface area contributed by atoms with E-state index in [0.717, 1.165) is 10.7 Å². The second-order valence-corrected chi connectivity index (χ2v) is 6.18. The number of nitrogens with zero attached hydrogens (tertiary/aromatic N) is 2. The number of anilines is 1. The van der Waals surface area contributed by atoms with Gasteiger partial charge in [0.1, 0.15) is 5.69 Å². The molecule has 2 aromatic heterocycles. The summed E-state index contributed by atoms with van der Waals surface area (Å²) < 4.78 is 0. The molecule has 0 fully saturated rings. The molecule has 8 heteroatoms. The summed E-state index contributed by atoms with van der Waals surface area (Å²) in [5.74, 6) is -0.260. The predicted octanol–water partition coefficient (Wildman–Crippen LogP) is 2.42. The summed E-state index contributed by atoms with van der Waals surface area (Å²) in [6, 6.07) is 2.87. The Morgan fingerprint density at radius 1 is 1.43 bits per heavy atom. The summed E-state index contributed by atoms with van der Waals surface area (Å²) in [4.78, 5) is 30.4. The average Bonchev–Trinajstić information content (AvgIpc) is 2.85. The lowest BCUT2D eigenvalue weighted by atomic mass is 10.3. The Morgan fingerprint density at radius 3 is 2.81 bits per heavy atom. The molecular weight excluding hydrogens is 310 g/mol. The van der Waals surface area contributed by atoms with E-state index in [1.807, 2.05) is 12.3 Å². The fraction of sp³-hybridized carbons (Fsp3) is 0.231. The van der Waals surface area contributed by atoms with Gasteiger partial charge in [-0.2, -0.15) is 0 Å². The first-order valence-corrected chi connectivity index (χ1v) is 8.06. The highest BCUT2D eigenvalue weighted by atomic mass is 32.2. The van der Waals surface area contributed by atoms with Gasteiger partial charge in [0.15, 0.2) is 0 Å². The SMILES string of the molecule is Cc1nc(CSCC(=O)Nc2ccc(C(=O)O)nc2)cs1. The summed E-state index contributed by atoms with van der Waals surface area (Å²) in [5.41, 5.74) is 1.40. The van der Waals surface area contributed by atoms with Crippen LogP contribution in [0, 0.1) is 6.92 Å². The van der Waals surface area contributed by atoms with Gasteiger partial charge in [-0.15, -0.1) is 23.1 Å². The molecular formula is C13H13N3O3S2. The van der Waals surface area contributed by atoms with E-state index in [4.69, 9.17) is 5.11 Å². The van der Waals surface area contributed by atoms with Crippen molar-refractivity contribution in [3.8, 4) is 0 Å². The Labute approximate surface area is 129 Å². The zero-order valence-electron chi connectivity index (χ0n) is 11.2. The first-order chi connectivity index (χ1) is 10.0. The van der Waals surface area contributed by atoms with Crippen molar-refractivity contribution in [3.63, 3.8) is 0 Å². The molecule has 0 radical (unpaired) electrons. The molecule has 0 aliphatic carbocycles. The third kappa shape index (κ3) is 4.83. The number of aromatic carboxylic acids is 1. The van der Waals surface area contributed by atoms with Crippen molar-refractivity contribution in [2.24, 2.45) is 0 Å². The van der Waals surface area contributed by atoms with Gasteiger partial charge in [-0.05, 0) is 19.1 Å². The zero-order valence-corrected chi connectivity index (χ0v) is 12.8. The van der Waals surface area contributed by atoms with Crippen LogP contribution in [-0.4, -0.2) is 32.7 Å². The molecule has 2 rings (SSSR count). The van der Waals surface area contributed by atoms with Crippen LogP contribution >= 0.6 is 23.1 Å². The molecule has 2 aromatic rings. The number of thioether (sulfide) groups is 1. The van der Waals surface area contributed by atoms with Crippen LogP contribution in [0.3, 0.4) is 0 Å². The monoisotopic (exact) mass is 323 g/mol. The topological polar surface area (TPSA) is 92.2 Å². The van der Waals surface area contributed by atoms with E-state index >= 15 is 0 Å². The van der Waals surface area contributed by atoms with E-state index in [9.17, 15) is 9.59 Å². The molecule has 0 bridgehead atoms. The molecule has 2 N–H and O–H groups in total. The summed E-state index contributed by atoms with van der Waals surface area (Å²) in [6.07, 6.45) is 1.33. The number of hydrogen-bond acceptors (Lipinski definition) is 6. The van der Waals surface area contributed by atoms with Crippen LogP contribution in [0.15, 0.2) is 23.7 Å². The number of amides is 1. The molecule has 0 atom stereocenters. The van der Waals surface area contributed by atoms with Crippen LogP contribution in [0.4, 0.5) is 5.69 Å². The number of hydrogen-bond donors (Lipinski definition) is 2. The Morgan fingerprint density at radius 2 is 2.24 bits per heavy atom. The molecule has 0 saturated heterocycles. The van der Waals surface area contributed by atoms with Crippen molar-refractivity contribution in [2.45, 2.75) is 12.7 Å². The number of thiazole rings is 1. The van der Waals surface area contributed by atoms with Gasteiger partial charge in [-0.3, -0.25) is 4.79 Å². The number of carboxylic acids is 1. The van der Waals surface area contributed by atoms with Gasteiger partial charge in [0.25, 0.3) is 0 Å². The van der Waals surface area contributed by atoms with Gasteiger partial charge in [0, 0.05) is 11.1 Å². The fourth-order valence-corrected chi connectivity index (χ4v) is 2.95. The third-order valence-electron chi connectivity index (χ3n) is 2.42. The molecule has 6 nitrogen and oxygen atoms in total. The molecule has 0 unspecified atom stereocenters. The maximum absolute atomic E-state index is 11.7. The van der Waals surface area contributed by atoms with Gasteiger partial charge in [-0.25, -0.2) is 14.8 Å². The van der Waals surface area contributed by atoms with Gasteiger partial charge in [0.2, 0.25) is 5.91 Å². The third-order valence-corrected chi connectivity index (χ3v) is 4.20. The van der Waals surface area contributed by atoms with E-state index in [1.165, 1.54) is 30.1 Å². The average molecular weight is 323 g/mol. The smallest absolute Gasteiger partial charge is 0.354 e. The summed E-state index contributed by atoms with van der Waals surface area (Å²) in [7, 11) is 0. The van der Waals surface area contributed by atoms with E-state index in [0.29, 0.717) is 17.2 Å². The fourth-order valence-electron chi connectivity index (χ4n) is 1.51. The van der Waals surface area contributed by atoms with Crippen LogP contribution in [0.25, 0.3) is 0 Å². The first-order valence-electron chi connectivity index (χ1n) is 6.02. The molecule has 21 heavy (non-hydrogen) atoms. The molecule has 1 amide bonds. The van der Waals surface area contributed by atoms with E-state index in [-0.39, 0.29) is 11.6 Å². The summed E-state index contributed by atoms with van der Waals surface area (Å²) >= 11 is 3.06. The van der Waals surface area contributed by atoms with Gasteiger partial charge < -0.3 is 10.4 Å². The lowest BCUT2D eigenvalue weighted by Gasteiger charge is -2.04. The number of nitrogens with one attached hydrogen (secondary N) is 1. The number of pyridine rings is 1. The first kappa shape index (κ1) is 15.5. The number of aryl methyl sites for hydroxylation is 1. The number of carboxylic acid groups (broad SMARTS) is 1. The van der Waals surface area contributed by atoms with Crippen LogP contribution in [0.2, 0.25) is 0 Å². The number of carbonyl (C=O) groups is 2. The van der Waals surface area contributed by atoms with Crippen LogP contribution < -0.4 is 5.32 Å². The largest absolute Gasteiger partial charge is 0.477 e. The Kier molecular flexibility index (Phi) is 5.29. The lowest BCUT2D eigenvalue weighted by molar-refractivity contribution is -0.113. The van der Waals surface area contributed by atoms with Crippen LogP contribution in [0.1, 0.15) is 21.2 Å². The number of aromatic nitrogens is 2. The molecule has 0 spiro atoms. The minimum Gasteiger partial charge on any atom is -0.477 e. The minimum atomic E-state index is -1.10. The molecule has 0 saturated carbocycles. The number of rotatable bonds is 6. The van der Waals surface area contributed by atoms with Gasteiger partial charge >= 0.3 is 5.97 Å². The zero-order chi connectivity index (χ0) is 15.2. The maximum atomic E-state index is 11.7. The second-order valence-electron chi connectivity index (χ2n) is 4.14. The predicted molar refractivity (Wildman–Crippen MR) is 82.8 cm³/mol. The number of carbonyl (C=O) groups excluding carboxylic acids is 1. The second kappa shape index (κ2) is 7.19. The summed E-state index contributed by atoms with van der Waals surface area (Å²) in [6.45, 7) is 1.94. The van der Waals surface area contributed by atoms with E-state index in [1.54, 1.807) is 11.3 Å². The molecule has 0 aliphatic rings. The van der Waals surface area contributed by atoms with E-state index < -0.39 is 5.97 Å². The van der Waals surface area contributed by atoms with Gasteiger partial charge in [0.05, 0.1) is 28.3 Å². The Bertz CT molecular complexity index is 640. The van der Waals surface area contributed by atoms with Crippen molar-refractivity contribution in [1.29, 1.82) is 0 Å². The van der Waals surface area contributed by atoms with Crippen molar-refractivity contribution in [1.82, 2.24) is 9.97 Å². The van der Waals surface area contributed by atoms with Crippen molar-refractivity contribution < 1.29 is 14.7 Å². The van der Waals surface area contributed by atoms with Crippen LogP contribution in [-0.2, 0) is 10.5 Å². The molecule has 0 aromatic carbocycles. The highest BCUT2D eigenvalue weighted by molar-refractivity contribution is 7.99. The van der Waals surface area contributed by atoms with Crippen LogP contribution in [0.5, 0.6) is 0 Å². The minimum absolute atomic E-state index is 0.0544. The van der Waals surface area contributed by atoms with Gasteiger partial charge in [-0.1, -0.05) is 0 Å². The quantitative estimate of drug-likeness (QED) is 0.848. The molecule has 110 valence electrons. The van der Waals surface area contributed by atoms with E-state index in [2.05, 4.69) is 15.3 Å². The van der Waals surface area contributed by atoms with Crippen molar-refractivity contribution in [3.05, 3.63) is 40.1 Å². The van der Waals surface area contributed by atoms with Crippen molar-refractivity contribution in [2.75, 3.05) is 11.1 Å². The maximum Gasteiger partial charge on any atom is 0.354 e. The Hall–Kier alpha value is -1.93. The highest BCUT2D eigenvalue weighted by Crippen LogP contribution is 2.15. The molecule has 0 aliphatic heterocycles. The highest BCUT2D eigenvalue weighted by Gasteiger charge is 2.07. The standard InChI is InChI=1S/C13H13N3O3S2/c1-8-15-10(6-21-8)5-20-7-12(17)16-9-2-3-11(13(18)19)14-4-9/h2-4,6H,5,7H2,1H3,(H,16,17)(H,18,19). The lowest BCUT2D eigenvalue weighted by Crippen LogP contribution is -2.14. The summed E-state index contributed by atoms with van der Waals surface area (Å²) in [5, 5.41) is 14.4. The molecule has 2 heterocycles. The Balaban J connectivity index is 1.77. The normalized spacial score (nSPS) is 10.3. The van der Waals surface area contributed by atoms with Crippen molar-refractivity contribution >= 4 is 40.7 Å².